The third-order valence-electron chi connectivity index (χ3n) is 1.29. The lowest BCUT2D eigenvalue weighted by atomic mass is 10.3. The number of carboxylic acid groups (broad SMARTS) is 2. The fourth-order valence-electron chi connectivity index (χ4n) is 0.607. The third-order valence-corrected chi connectivity index (χ3v) is 2.47. The Balaban J connectivity index is 3.26. The van der Waals surface area contributed by atoms with Crippen molar-refractivity contribution in [2.45, 2.75) is 18.9 Å². The normalized spacial score (nSPS) is 12.4. The van der Waals surface area contributed by atoms with E-state index in [1.807, 2.05) is 0 Å². The van der Waals surface area contributed by atoms with E-state index in [-0.39, 0.29) is 6.42 Å². The first-order valence-electron chi connectivity index (χ1n) is 3.82. The Bertz CT molecular complexity index is 185. The van der Waals surface area contributed by atoms with Gasteiger partial charge in [-0.05, 0) is 12.2 Å². The van der Waals surface area contributed by atoms with Crippen molar-refractivity contribution in [2.75, 3.05) is 11.5 Å². The van der Waals surface area contributed by atoms with E-state index in [0.29, 0.717) is 17.9 Å². The van der Waals surface area contributed by atoms with Gasteiger partial charge in [-0.1, -0.05) is 0 Å². The number of carboxylic acids is 2. The molecule has 6 heteroatoms. The van der Waals surface area contributed by atoms with Gasteiger partial charge in [0.05, 0.1) is 0 Å². The van der Waals surface area contributed by atoms with Gasteiger partial charge in [0.15, 0.2) is 0 Å². The van der Waals surface area contributed by atoms with Crippen LogP contribution in [0.3, 0.4) is 0 Å². The molecule has 0 unspecified atom stereocenters. The van der Waals surface area contributed by atoms with Gasteiger partial charge in [-0.3, -0.25) is 9.59 Å². The van der Waals surface area contributed by atoms with Gasteiger partial charge in [-0.2, -0.15) is 11.8 Å². The summed E-state index contributed by atoms with van der Waals surface area (Å²) in [6.07, 6.45) is 0.668. The fraction of sp³-hybridized carbons (Fsp3) is 0.714. The second kappa shape index (κ2) is 6.73. The average molecular weight is 207 g/mol. The summed E-state index contributed by atoms with van der Waals surface area (Å²) in [6.45, 7) is 0. The minimum absolute atomic E-state index is 0.120. The average Bonchev–Trinajstić information content (AvgIpc) is 2.02. The smallest absolute Gasteiger partial charge is 0.321 e. The minimum Gasteiger partial charge on any atom is -0.481 e. The predicted octanol–water partition coefficient (Wildman–Crippen LogP) is -0.00370. The van der Waals surface area contributed by atoms with Crippen LogP contribution in [0.25, 0.3) is 0 Å². The van der Waals surface area contributed by atoms with Gasteiger partial charge in [0.25, 0.3) is 0 Å². The molecule has 0 aromatic rings. The predicted molar refractivity (Wildman–Crippen MR) is 49.8 cm³/mol. The molecule has 0 bridgehead atoms. The molecule has 0 amide bonds. The van der Waals surface area contributed by atoms with Crippen molar-refractivity contribution in [3.63, 3.8) is 0 Å². The zero-order valence-electron chi connectivity index (χ0n) is 7.10. The van der Waals surface area contributed by atoms with E-state index >= 15 is 0 Å². The quantitative estimate of drug-likeness (QED) is 0.508. The Kier molecular flexibility index (Phi) is 6.34. The number of rotatable bonds is 7. The van der Waals surface area contributed by atoms with Crippen molar-refractivity contribution in [3.8, 4) is 0 Å². The molecule has 0 aliphatic rings. The zero-order chi connectivity index (χ0) is 10.3. The number of thioether (sulfide) groups is 1. The molecular formula is C7H13NO4S. The van der Waals surface area contributed by atoms with E-state index in [9.17, 15) is 9.59 Å². The Morgan fingerprint density at radius 3 is 2.46 bits per heavy atom. The first-order chi connectivity index (χ1) is 6.04. The highest BCUT2D eigenvalue weighted by atomic mass is 32.2. The molecule has 0 saturated carbocycles. The number of hydrogen-bond acceptors (Lipinski definition) is 4. The molecule has 0 radical (unpaired) electrons. The van der Waals surface area contributed by atoms with Crippen LogP contribution in [-0.4, -0.2) is 39.7 Å². The molecule has 0 aromatic carbocycles. The van der Waals surface area contributed by atoms with Crippen molar-refractivity contribution in [3.05, 3.63) is 0 Å². The standard InChI is InChI=1S/C7H13NO4S/c8-5(7(11)12)4-13-3-1-2-6(9)10/h5H,1-4,8H2,(H,9,10)(H,11,12)/t5-/m1/s1. The van der Waals surface area contributed by atoms with Gasteiger partial charge in [-0.25, -0.2) is 0 Å². The van der Waals surface area contributed by atoms with E-state index in [1.165, 1.54) is 11.8 Å². The van der Waals surface area contributed by atoms with Gasteiger partial charge in [-0.15, -0.1) is 0 Å². The maximum atomic E-state index is 10.2. The topological polar surface area (TPSA) is 101 Å². The van der Waals surface area contributed by atoms with Gasteiger partial charge in [0, 0.05) is 12.2 Å². The minimum atomic E-state index is -1.02. The van der Waals surface area contributed by atoms with E-state index < -0.39 is 18.0 Å². The molecule has 0 saturated heterocycles. The van der Waals surface area contributed by atoms with Gasteiger partial charge in [0.1, 0.15) is 6.04 Å². The number of carbonyl (C=O) groups is 2. The maximum Gasteiger partial charge on any atom is 0.321 e. The molecule has 0 aliphatic carbocycles. The highest BCUT2D eigenvalue weighted by Crippen LogP contribution is 2.05. The van der Waals surface area contributed by atoms with E-state index in [2.05, 4.69) is 0 Å². The molecule has 0 fully saturated rings. The van der Waals surface area contributed by atoms with E-state index in [0.717, 1.165) is 0 Å². The van der Waals surface area contributed by atoms with Crippen LogP contribution in [0.4, 0.5) is 0 Å². The summed E-state index contributed by atoms with van der Waals surface area (Å²) < 4.78 is 0. The van der Waals surface area contributed by atoms with Crippen LogP contribution in [0.5, 0.6) is 0 Å². The first-order valence-corrected chi connectivity index (χ1v) is 4.97. The summed E-state index contributed by atoms with van der Waals surface area (Å²) in [6, 6.07) is -0.852. The molecule has 0 aromatic heterocycles. The van der Waals surface area contributed by atoms with Crippen LogP contribution >= 0.6 is 11.8 Å². The first kappa shape index (κ1) is 12.2. The van der Waals surface area contributed by atoms with Gasteiger partial charge < -0.3 is 15.9 Å². The summed E-state index contributed by atoms with van der Waals surface area (Å²) >= 11 is 1.36. The highest BCUT2D eigenvalue weighted by molar-refractivity contribution is 7.99. The molecule has 0 heterocycles. The monoisotopic (exact) mass is 207 g/mol. The van der Waals surface area contributed by atoms with Crippen molar-refractivity contribution >= 4 is 23.7 Å². The van der Waals surface area contributed by atoms with Crippen molar-refractivity contribution in [1.29, 1.82) is 0 Å². The Labute approximate surface area is 80.3 Å². The van der Waals surface area contributed by atoms with Crippen molar-refractivity contribution in [1.82, 2.24) is 0 Å². The van der Waals surface area contributed by atoms with Crippen LogP contribution in [0, 0.1) is 0 Å². The lowest BCUT2D eigenvalue weighted by molar-refractivity contribution is -0.138. The Morgan fingerprint density at radius 1 is 1.38 bits per heavy atom. The van der Waals surface area contributed by atoms with Gasteiger partial charge in [0.2, 0.25) is 0 Å². The van der Waals surface area contributed by atoms with Crippen molar-refractivity contribution < 1.29 is 19.8 Å². The number of nitrogens with two attached hydrogens (primary N) is 1. The molecule has 0 rings (SSSR count). The summed E-state index contributed by atoms with van der Waals surface area (Å²) in [5, 5.41) is 16.7. The summed E-state index contributed by atoms with van der Waals surface area (Å²) in [4.78, 5) is 20.3. The molecule has 4 N–H and O–H groups in total. The summed E-state index contributed by atoms with van der Waals surface area (Å²) in [5.74, 6) is -0.892. The second-order valence-corrected chi connectivity index (χ2v) is 3.67. The van der Waals surface area contributed by atoms with Gasteiger partial charge >= 0.3 is 11.9 Å². The summed E-state index contributed by atoms with van der Waals surface area (Å²) in [7, 11) is 0. The third kappa shape index (κ3) is 7.61. The second-order valence-electron chi connectivity index (χ2n) is 2.52. The molecule has 76 valence electrons. The number of aliphatic carboxylic acids is 2. The highest BCUT2D eigenvalue weighted by Gasteiger charge is 2.10. The van der Waals surface area contributed by atoms with Crippen LogP contribution in [0.15, 0.2) is 0 Å². The molecule has 0 spiro atoms. The van der Waals surface area contributed by atoms with E-state index in [1.54, 1.807) is 0 Å². The van der Waals surface area contributed by atoms with Crippen LogP contribution in [0.2, 0.25) is 0 Å². The zero-order valence-corrected chi connectivity index (χ0v) is 7.92. The lowest BCUT2D eigenvalue weighted by Gasteiger charge is -2.04. The Morgan fingerprint density at radius 2 is 2.00 bits per heavy atom. The molecule has 13 heavy (non-hydrogen) atoms. The SMILES string of the molecule is N[C@H](CSCCCC(=O)O)C(=O)O. The van der Waals surface area contributed by atoms with Crippen LogP contribution < -0.4 is 5.73 Å². The van der Waals surface area contributed by atoms with Crippen LogP contribution in [0.1, 0.15) is 12.8 Å². The molecular weight excluding hydrogens is 194 g/mol. The maximum absolute atomic E-state index is 10.2. The van der Waals surface area contributed by atoms with E-state index in [4.69, 9.17) is 15.9 Å². The number of hydrogen-bond donors (Lipinski definition) is 3. The lowest BCUT2D eigenvalue weighted by Crippen LogP contribution is -2.32. The Hall–Kier alpha value is -0.750. The molecule has 0 aliphatic heterocycles. The van der Waals surface area contributed by atoms with Crippen LogP contribution in [-0.2, 0) is 9.59 Å². The molecule has 5 nitrogen and oxygen atoms in total. The molecule has 1 atom stereocenters. The summed E-state index contributed by atoms with van der Waals surface area (Å²) in [5.41, 5.74) is 5.22. The van der Waals surface area contributed by atoms with Crippen molar-refractivity contribution in [2.24, 2.45) is 5.73 Å². The largest absolute Gasteiger partial charge is 0.481 e. The fourth-order valence-corrected chi connectivity index (χ4v) is 1.52.